The largest absolute Gasteiger partial charge is 0.507 e. The van der Waals surface area contributed by atoms with E-state index in [-0.39, 0.29) is 0 Å². The van der Waals surface area contributed by atoms with Crippen LogP contribution in [0, 0.1) is 6.92 Å². The summed E-state index contributed by atoms with van der Waals surface area (Å²) in [5, 5.41) is 9.31. The Morgan fingerprint density at radius 3 is 2.60 bits per heavy atom. The summed E-state index contributed by atoms with van der Waals surface area (Å²) in [6, 6.07) is 3.82. The molecule has 1 aromatic rings. The van der Waals surface area contributed by atoms with Crippen LogP contribution in [0.4, 0.5) is 0 Å². The summed E-state index contributed by atoms with van der Waals surface area (Å²) >= 11 is 4.13. The standard InChI is InChI=1S/C7H9BOS/c1-4-2-3-5(8)6(9)7(4)10/h2-3,9-10H,8H2,1H3. The fourth-order valence-electron chi connectivity index (χ4n) is 0.781. The molecule has 0 aliphatic rings. The lowest BCUT2D eigenvalue weighted by Crippen LogP contribution is -2.02. The number of benzene rings is 1. The summed E-state index contributed by atoms with van der Waals surface area (Å²) < 4.78 is 0. The van der Waals surface area contributed by atoms with Crippen molar-refractivity contribution in [2.24, 2.45) is 0 Å². The van der Waals surface area contributed by atoms with E-state index in [1.807, 2.05) is 26.9 Å². The molecule has 0 bridgehead atoms. The van der Waals surface area contributed by atoms with E-state index in [9.17, 15) is 5.11 Å². The van der Waals surface area contributed by atoms with Crippen LogP contribution >= 0.6 is 12.6 Å². The van der Waals surface area contributed by atoms with Gasteiger partial charge < -0.3 is 5.11 Å². The molecule has 52 valence electrons. The summed E-state index contributed by atoms with van der Waals surface area (Å²) in [5.41, 5.74) is 1.88. The maximum Gasteiger partial charge on any atom is 0.144 e. The molecule has 0 saturated carbocycles. The van der Waals surface area contributed by atoms with Gasteiger partial charge in [-0.05, 0) is 17.9 Å². The van der Waals surface area contributed by atoms with Gasteiger partial charge in [0.25, 0.3) is 0 Å². The predicted octanol–water partition coefficient (Wildman–Crippen LogP) is 0.248. The van der Waals surface area contributed by atoms with E-state index >= 15 is 0 Å². The molecule has 0 atom stereocenters. The van der Waals surface area contributed by atoms with Crippen LogP contribution < -0.4 is 5.46 Å². The highest BCUT2D eigenvalue weighted by Crippen LogP contribution is 2.21. The third-order valence-electron chi connectivity index (χ3n) is 1.55. The molecule has 1 aromatic carbocycles. The summed E-state index contributed by atoms with van der Waals surface area (Å²) in [7, 11) is 1.86. The van der Waals surface area contributed by atoms with Crippen LogP contribution in [0.3, 0.4) is 0 Å². The summed E-state index contributed by atoms with van der Waals surface area (Å²) in [4.78, 5) is 0.681. The van der Waals surface area contributed by atoms with E-state index in [0.717, 1.165) is 11.0 Å². The molecule has 0 heterocycles. The molecule has 0 aromatic heterocycles. The van der Waals surface area contributed by atoms with Crippen molar-refractivity contribution in [1.29, 1.82) is 0 Å². The van der Waals surface area contributed by atoms with Gasteiger partial charge in [0.2, 0.25) is 0 Å². The lowest BCUT2D eigenvalue weighted by atomic mass is 9.94. The molecule has 10 heavy (non-hydrogen) atoms. The molecular formula is C7H9BOS. The Morgan fingerprint density at radius 1 is 1.50 bits per heavy atom. The van der Waals surface area contributed by atoms with Crippen LogP contribution in [0.2, 0.25) is 0 Å². The predicted molar refractivity (Wildman–Crippen MR) is 48.3 cm³/mol. The first-order chi connectivity index (χ1) is 4.63. The molecule has 1 N–H and O–H groups in total. The lowest BCUT2D eigenvalue weighted by Gasteiger charge is -2.03. The second-order valence-electron chi connectivity index (χ2n) is 2.40. The van der Waals surface area contributed by atoms with Crippen LogP contribution in [0.1, 0.15) is 5.56 Å². The zero-order valence-corrected chi connectivity index (χ0v) is 6.94. The lowest BCUT2D eigenvalue weighted by molar-refractivity contribution is 0.466. The monoisotopic (exact) mass is 152 g/mol. The van der Waals surface area contributed by atoms with Crippen LogP contribution in [-0.4, -0.2) is 13.0 Å². The highest BCUT2D eigenvalue weighted by molar-refractivity contribution is 7.80. The van der Waals surface area contributed by atoms with E-state index in [2.05, 4.69) is 12.6 Å². The number of thiol groups is 1. The van der Waals surface area contributed by atoms with Crippen molar-refractivity contribution in [3.63, 3.8) is 0 Å². The van der Waals surface area contributed by atoms with Gasteiger partial charge in [0.15, 0.2) is 0 Å². The number of hydrogen-bond acceptors (Lipinski definition) is 2. The summed E-state index contributed by atoms with van der Waals surface area (Å²) in [5.74, 6) is 0.295. The normalized spacial score (nSPS) is 9.80. The minimum atomic E-state index is 0.295. The van der Waals surface area contributed by atoms with Gasteiger partial charge in [0, 0.05) is 4.90 Å². The van der Waals surface area contributed by atoms with Crippen LogP contribution in [0.15, 0.2) is 17.0 Å². The van der Waals surface area contributed by atoms with Crippen molar-refractivity contribution >= 4 is 25.9 Å². The number of phenols is 1. The zero-order chi connectivity index (χ0) is 7.72. The molecule has 0 fully saturated rings. The average Bonchev–Trinajstić information content (AvgIpc) is 1.93. The Morgan fingerprint density at radius 2 is 2.10 bits per heavy atom. The molecule has 0 spiro atoms. The van der Waals surface area contributed by atoms with Crippen molar-refractivity contribution in [3.05, 3.63) is 17.7 Å². The van der Waals surface area contributed by atoms with Gasteiger partial charge >= 0.3 is 0 Å². The Kier molecular flexibility index (Phi) is 1.95. The quantitative estimate of drug-likeness (QED) is 0.403. The first kappa shape index (κ1) is 7.54. The summed E-state index contributed by atoms with van der Waals surface area (Å²) in [6.45, 7) is 1.92. The third-order valence-corrected chi connectivity index (χ3v) is 2.12. The molecule has 0 saturated heterocycles. The molecule has 3 heteroatoms. The van der Waals surface area contributed by atoms with Crippen LogP contribution in [-0.2, 0) is 0 Å². The Bertz CT molecular complexity index is 233. The molecule has 1 nitrogen and oxygen atoms in total. The smallest absolute Gasteiger partial charge is 0.144 e. The highest BCUT2D eigenvalue weighted by atomic mass is 32.1. The number of phenolic OH excluding ortho intramolecular Hbond substituents is 1. The topological polar surface area (TPSA) is 20.2 Å². The Balaban J connectivity index is 3.34. The fraction of sp³-hybridized carbons (Fsp3) is 0.143. The number of aryl methyl sites for hydroxylation is 1. The first-order valence-corrected chi connectivity index (χ1v) is 3.56. The van der Waals surface area contributed by atoms with Crippen LogP contribution in [0.25, 0.3) is 0 Å². The van der Waals surface area contributed by atoms with Gasteiger partial charge in [0.05, 0.1) is 0 Å². The molecule has 0 radical (unpaired) electrons. The van der Waals surface area contributed by atoms with Gasteiger partial charge in [-0.3, -0.25) is 0 Å². The second-order valence-corrected chi connectivity index (χ2v) is 2.84. The minimum absolute atomic E-state index is 0.295. The number of rotatable bonds is 0. The SMILES string of the molecule is Bc1ccc(C)c(S)c1O. The average molecular weight is 152 g/mol. The summed E-state index contributed by atoms with van der Waals surface area (Å²) in [6.07, 6.45) is 0. The van der Waals surface area contributed by atoms with Crippen molar-refractivity contribution in [2.75, 3.05) is 0 Å². The third kappa shape index (κ3) is 1.14. The highest BCUT2D eigenvalue weighted by Gasteiger charge is 2.01. The number of hydrogen-bond donors (Lipinski definition) is 2. The Hall–Kier alpha value is -0.565. The van der Waals surface area contributed by atoms with E-state index in [1.54, 1.807) is 0 Å². The van der Waals surface area contributed by atoms with E-state index in [1.165, 1.54) is 0 Å². The van der Waals surface area contributed by atoms with Crippen LogP contribution in [0.5, 0.6) is 5.75 Å². The molecule has 0 aliphatic carbocycles. The maximum atomic E-state index is 9.31. The second kappa shape index (κ2) is 2.58. The zero-order valence-electron chi connectivity index (χ0n) is 6.05. The molecule has 0 amide bonds. The Labute approximate surface area is 66.9 Å². The molecule has 0 unspecified atom stereocenters. The number of aromatic hydroxyl groups is 1. The molecular weight excluding hydrogens is 143 g/mol. The minimum Gasteiger partial charge on any atom is -0.507 e. The van der Waals surface area contributed by atoms with Gasteiger partial charge in [-0.15, -0.1) is 12.6 Å². The van der Waals surface area contributed by atoms with Gasteiger partial charge in [0.1, 0.15) is 13.6 Å². The fourth-order valence-corrected chi connectivity index (χ4v) is 1.03. The molecule has 0 aliphatic heterocycles. The van der Waals surface area contributed by atoms with Crippen molar-refractivity contribution in [1.82, 2.24) is 0 Å². The maximum absolute atomic E-state index is 9.31. The van der Waals surface area contributed by atoms with E-state index in [4.69, 9.17) is 0 Å². The molecule has 1 rings (SSSR count). The van der Waals surface area contributed by atoms with E-state index in [0.29, 0.717) is 10.6 Å². The van der Waals surface area contributed by atoms with Gasteiger partial charge in [-0.2, -0.15) is 0 Å². The van der Waals surface area contributed by atoms with Gasteiger partial charge in [-0.25, -0.2) is 0 Å². The van der Waals surface area contributed by atoms with Crippen molar-refractivity contribution < 1.29 is 5.11 Å². The van der Waals surface area contributed by atoms with Crippen molar-refractivity contribution in [2.45, 2.75) is 11.8 Å². The van der Waals surface area contributed by atoms with E-state index < -0.39 is 0 Å². The van der Waals surface area contributed by atoms with Gasteiger partial charge in [-0.1, -0.05) is 12.1 Å². The van der Waals surface area contributed by atoms with Crippen molar-refractivity contribution in [3.8, 4) is 5.75 Å². The first-order valence-electron chi connectivity index (χ1n) is 3.11.